The lowest BCUT2D eigenvalue weighted by Gasteiger charge is -2.20. The van der Waals surface area contributed by atoms with Crippen molar-refractivity contribution < 1.29 is 32.2 Å². The van der Waals surface area contributed by atoms with E-state index in [0.29, 0.717) is 52.4 Å². The fourth-order valence-corrected chi connectivity index (χ4v) is 4.04. The van der Waals surface area contributed by atoms with Gasteiger partial charge >= 0.3 is 6.18 Å². The number of alkyl halides is 3. The Labute approximate surface area is 182 Å². The zero-order valence-electron chi connectivity index (χ0n) is 17.2. The third-order valence-electron chi connectivity index (χ3n) is 4.61. The molecular weight excluding hydrogens is 433 g/mol. The Hall–Kier alpha value is -2.88. The minimum absolute atomic E-state index is 0.282. The van der Waals surface area contributed by atoms with Gasteiger partial charge in [0.05, 0.1) is 33.4 Å². The van der Waals surface area contributed by atoms with Gasteiger partial charge in [-0.15, -0.1) is 0 Å². The van der Waals surface area contributed by atoms with E-state index in [2.05, 4.69) is 4.99 Å². The number of ether oxygens (including phenoxy) is 3. The van der Waals surface area contributed by atoms with Crippen LogP contribution in [0.4, 0.5) is 13.2 Å². The maximum Gasteiger partial charge on any atom is 0.416 e. The predicted molar refractivity (Wildman–Crippen MR) is 112 cm³/mol. The molecule has 0 saturated heterocycles. The minimum atomic E-state index is -4.37. The quantitative estimate of drug-likeness (QED) is 0.644. The molecule has 0 spiro atoms. The highest BCUT2D eigenvalue weighted by molar-refractivity contribution is 8.13. The molecule has 3 rings (SSSR count). The van der Waals surface area contributed by atoms with Crippen LogP contribution in [0.3, 0.4) is 0 Å². The lowest BCUT2D eigenvalue weighted by atomic mass is 10.1. The lowest BCUT2D eigenvalue weighted by molar-refractivity contribution is -0.137. The Bertz CT molecular complexity index is 953. The molecule has 6 nitrogen and oxygen atoms in total. The number of aliphatic imine (C=N–C) groups is 1. The van der Waals surface area contributed by atoms with Crippen LogP contribution in [0, 0.1) is 0 Å². The van der Waals surface area contributed by atoms with Gasteiger partial charge in [-0.25, -0.2) is 0 Å². The molecular formula is C21H21F3N2O4S. The summed E-state index contributed by atoms with van der Waals surface area (Å²) in [5.41, 5.74) is 0.352. The van der Waals surface area contributed by atoms with Crippen LogP contribution in [0.25, 0.3) is 0 Å². The van der Waals surface area contributed by atoms with E-state index in [9.17, 15) is 18.0 Å². The van der Waals surface area contributed by atoms with E-state index in [0.717, 1.165) is 12.1 Å². The van der Waals surface area contributed by atoms with Crippen molar-refractivity contribution in [3.63, 3.8) is 0 Å². The zero-order chi connectivity index (χ0) is 22.6. The molecule has 0 atom stereocenters. The van der Waals surface area contributed by atoms with Crippen LogP contribution in [0.1, 0.15) is 21.5 Å². The molecule has 1 aliphatic heterocycles. The molecule has 1 heterocycles. The highest BCUT2D eigenvalue weighted by Crippen LogP contribution is 2.39. The average molecular weight is 454 g/mol. The van der Waals surface area contributed by atoms with Crippen LogP contribution in [0.2, 0.25) is 0 Å². The van der Waals surface area contributed by atoms with Crippen molar-refractivity contribution in [1.29, 1.82) is 0 Å². The second-order valence-electron chi connectivity index (χ2n) is 6.52. The second kappa shape index (κ2) is 9.51. The van der Waals surface area contributed by atoms with E-state index in [1.54, 1.807) is 12.1 Å². The van der Waals surface area contributed by atoms with Gasteiger partial charge in [0, 0.05) is 17.9 Å². The molecule has 0 saturated carbocycles. The Kier molecular flexibility index (Phi) is 6.99. The van der Waals surface area contributed by atoms with Crippen molar-refractivity contribution in [2.24, 2.45) is 4.99 Å². The van der Waals surface area contributed by atoms with E-state index in [4.69, 9.17) is 14.2 Å². The van der Waals surface area contributed by atoms with Crippen LogP contribution in [-0.2, 0) is 11.9 Å². The monoisotopic (exact) mass is 454 g/mol. The number of amidine groups is 1. The van der Waals surface area contributed by atoms with Crippen LogP contribution in [0.15, 0.2) is 41.4 Å². The Morgan fingerprint density at radius 3 is 2.19 bits per heavy atom. The molecule has 0 bridgehead atoms. The summed E-state index contributed by atoms with van der Waals surface area (Å²) in [4.78, 5) is 19.0. The van der Waals surface area contributed by atoms with Crippen molar-refractivity contribution in [3.05, 3.63) is 53.1 Å². The van der Waals surface area contributed by atoms with Gasteiger partial charge in [-0.05, 0) is 29.8 Å². The molecule has 0 aromatic heterocycles. The predicted octanol–water partition coefficient (Wildman–Crippen LogP) is 4.48. The molecule has 1 amide bonds. The average Bonchev–Trinajstić information content (AvgIpc) is 3.24. The van der Waals surface area contributed by atoms with Crippen LogP contribution in [-0.4, -0.2) is 50.4 Å². The van der Waals surface area contributed by atoms with E-state index in [1.165, 1.54) is 50.1 Å². The van der Waals surface area contributed by atoms with Crippen molar-refractivity contribution >= 4 is 22.8 Å². The number of amides is 1. The number of benzene rings is 2. The highest BCUT2D eigenvalue weighted by atomic mass is 32.2. The number of halogens is 3. The summed E-state index contributed by atoms with van der Waals surface area (Å²) in [5.74, 6) is 1.21. The molecule has 1 aliphatic rings. The van der Waals surface area contributed by atoms with Crippen molar-refractivity contribution in [2.45, 2.75) is 11.9 Å². The summed E-state index contributed by atoms with van der Waals surface area (Å²) < 4.78 is 54.0. The van der Waals surface area contributed by atoms with Gasteiger partial charge in [0.25, 0.3) is 5.91 Å². The van der Waals surface area contributed by atoms with Crippen molar-refractivity contribution in [3.8, 4) is 17.2 Å². The van der Waals surface area contributed by atoms with Gasteiger partial charge in [0.2, 0.25) is 5.75 Å². The van der Waals surface area contributed by atoms with Gasteiger partial charge in [-0.1, -0.05) is 23.9 Å². The maximum absolute atomic E-state index is 13.1. The number of hydrogen-bond acceptors (Lipinski definition) is 6. The summed E-state index contributed by atoms with van der Waals surface area (Å²) in [6.07, 6.45) is -4.37. The Morgan fingerprint density at radius 2 is 1.68 bits per heavy atom. The van der Waals surface area contributed by atoms with Crippen LogP contribution >= 0.6 is 11.8 Å². The summed E-state index contributed by atoms with van der Waals surface area (Å²) in [6.45, 7) is 0.857. The number of thioether (sulfide) groups is 1. The zero-order valence-corrected chi connectivity index (χ0v) is 18.0. The number of hydrogen-bond donors (Lipinski definition) is 0. The summed E-state index contributed by atoms with van der Waals surface area (Å²) in [6, 6.07) is 8.09. The van der Waals surface area contributed by atoms with E-state index in [-0.39, 0.29) is 5.91 Å². The minimum Gasteiger partial charge on any atom is -0.493 e. The normalized spacial score (nSPS) is 13.7. The fraction of sp³-hybridized carbons (Fsp3) is 0.333. The van der Waals surface area contributed by atoms with E-state index in [1.807, 2.05) is 0 Å². The van der Waals surface area contributed by atoms with Crippen molar-refractivity contribution in [2.75, 3.05) is 34.4 Å². The molecule has 0 unspecified atom stereocenters. The standard InChI is InChI=1S/C21H21F3N2O4S/c1-28-16-10-14(11-17(29-2)18(16)30-3)19(27)26-9-8-25-20(26)31-12-13-4-6-15(7-5-13)21(22,23)24/h4-7,10-11H,8-9,12H2,1-3H3. The SMILES string of the molecule is COc1cc(C(=O)N2CCN=C2SCc2ccc(C(F)(F)F)cc2)cc(OC)c1OC. The van der Waals surface area contributed by atoms with Gasteiger partial charge in [-0.3, -0.25) is 14.7 Å². The maximum atomic E-state index is 13.1. The van der Waals surface area contributed by atoms with Gasteiger partial charge in [-0.2, -0.15) is 13.2 Å². The molecule has 166 valence electrons. The number of rotatable bonds is 6. The molecule has 0 fully saturated rings. The smallest absolute Gasteiger partial charge is 0.416 e. The molecule has 31 heavy (non-hydrogen) atoms. The third-order valence-corrected chi connectivity index (χ3v) is 5.69. The third kappa shape index (κ3) is 5.07. The summed E-state index contributed by atoms with van der Waals surface area (Å²) >= 11 is 1.30. The summed E-state index contributed by atoms with van der Waals surface area (Å²) in [7, 11) is 4.41. The first-order chi connectivity index (χ1) is 14.8. The van der Waals surface area contributed by atoms with Crippen LogP contribution < -0.4 is 14.2 Å². The van der Waals surface area contributed by atoms with E-state index < -0.39 is 11.7 Å². The second-order valence-corrected chi connectivity index (χ2v) is 7.46. The molecule has 0 N–H and O–H groups in total. The molecule has 2 aromatic carbocycles. The number of carbonyl (C=O) groups excluding carboxylic acids is 1. The van der Waals surface area contributed by atoms with Crippen LogP contribution in [0.5, 0.6) is 17.2 Å². The van der Waals surface area contributed by atoms with Gasteiger partial charge in [0.15, 0.2) is 16.7 Å². The highest BCUT2D eigenvalue weighted by Gasteiger charge is 2.30. The molecule has 10 heteroatoms. The summed E-state index contributed by atoms with van der Waals surface area (Å²) in [5, 5.41) is 0.513. The first-order valence-corrected chi connectivity index (χ1v) is 10.2. The first kappa shape index (κ1) is 22.8. The Morgan fingerprint density at radius 1 is 1.06 bits per heavy atom. The number of carbonyl (C=O) groups is 1. The largest absolute Gasteiger partial charge is 0.493 e. The van der Waals surface area contributed by atoms with E-state index >= 15 is 0 Å². The topological polar surface area (TPSA) is 60.4 Å². The molecule has 0 aliphatic carbocycles. The lowest BCUT2D eigenvalue weighted by Crippen LogP contribution is -2.32. The Balaban J connectivity index is 1.74. The van der Waals surface area contributed by atoms with Crippen molar-refractivity contribution in [1.82, 2.24) is 4.90 Å². The van der Waals surface area contributed by atoms with Gasteiger partial charge in [0.1, 0.15) is 0 Å². The molecule has 0 radical (unpaired) electrons. The molecule has 2 aromatic rings. The first-order valence-electron chi connectivity index (χ1n) is 9.23. The fourth-order valence-electron chi connectivity index (χ4n) is 3.04. The number of nitrogens with zero attached hydrogens (tertiary/aromatic N) is 2. The number of methoxy groups -OCH3 is 3. The van der Waals surface area contributed by atoms with Gasteiger partial charge < -0.3 is 14.2 Å².